The molecule has 94 valence electrons. The molecule has 2 aliphatic rings. The molecular weight excluding hydrogens is 198 g/mol. The van der Waals surface area contributed by atoms with Crippen molar-refractivity contribution in [2.24, 2.45) is 5.92 Å². The monoisotopic (exact) mass is 225 g/mol. The molecule has 0 bridgehead atoms. The molecule has 2 aliphatic heterocycles. The molecule has 0 amide bonds. The van der Waals surface area contributed by atoms with Crippen LogP contribution in [0.1, 0.15) is 26.7 Å². The molecule has 2 rings (SSSR count). The van der Waals surface area contributed by atoms with Gasteiger partial charge in [-0.15, -0.1) is 0 Å². The van der Waals surface area contributed by atoms with E-state index in [0.29, 0.717) is 0 Å². The predicted octanol–water partition coefficient (Wildman–Crippen LogP) is 1.01. The van der Waals surface area contributed by atoms with Crippen molar-refractivity contribution in [3.63, 3.8) is 0 Å². The van der Waals surface area contributed by atoms with Crippen LogP contribution in [-0.4, -0.2) is 61.7 Å². The molecule has 1 N–H and O–H groups in total. The molecule has 3 unspecified atom stereocenters. The first-order valence-corrected chi connectivity index (χ1v) is 6.86. The van der Waals surface area contributed by atoms with Crippen LogP contribution in [0, 0.1) is 5.92 Å². The maximum Gasteiger partial charge on any atom is 0.0221 e. The highest BCUT2D eigenvalue weighted by molar-refractivity contribution is 4.87. The molecule has 0 radical (unpaired) electrons. The molecule has 16 heavy (non-hydrogen) atoms. The van der Waals surface area contributed by atoms with E-state index in [2.05, 4.69) is 36.0 Å². The maximum atomic E-state index is 3.64. The highest BCUT2D eigenvalue weighted by atomic mass is 15.3. The smallest absolute Gasteiger partial charge is 0.0221 e. The lowest BCUT2D eigenvalue weighted by atomic mass is 10.0. The van der Waals surface area contributed by atoms with Gasteiger partial charge in [-0.2, -0.15) is 0 Å². The summed E-state index contributed by atoms with van der Waals surface area (Å²) in [6.45, 7) is 10.9. The van der Waals surface area contributed by atoms with Gasteiger partial charge in [-0.3, -0.25) is 4.90 Å². The zero-order valence-corrected chi connectivity index (χ0v) is 11.1. The minimum atomic E-state index is 0.737. The molecule has 2 saturated heterocycles. The fraction of sp³-hybridized carbons (Fsp3) is 1.00. The van der Waals surface area contributed by atoms with Crippen LogP contribution < -0.4 is 5.32 Å². The third kappa shape index (κ3) is 2.76. The average molecular weight is 225 g/mol. The van der Waals surface area contributed by atoms with E-state index in [4.69, 9.17) is 0 Å². The quantitative estimate of drug-likeness (QED) is 0.773. The lowest BCUT2D eigenvalue weighted by molar-refractivity contribution is 0.0843. The highest BCUT2D eigenvalue weighted by Gasteiger charge is 2.28. The SMILES string of the molecule is CCC1CN(CC2NCCC2C)CCN1C. The molecule has 3 nitrogen and oxygen atoms in total. The molecule has 2 fully saturated rings. The van der Waals surface area contributed by atoms with Crippen molar-refractivity contribution in [2.75, 3.05) is 39.8 Å². The van der Waals surface area contributed by atoms with Crippen molar-refractivity contribution >= 4 is 0 Å². The Morgan fingerprint density at radius 3 is 2.75 bits per heavy atom. The average Bonchev–Trinajstić information content (AvgIpc) is 2.67. The summed E-state index contributed by atoms with van der Waals surface area (Å²) in [4.78, 5) is 5.18. The molecule has 0 aromatic carbocycles. The van der Waals surface area contributed by atoms with Gasteiger partial charge < -0.3 is 10.2 Å². The minimum absolute atomic E-state index is 0.737. The normalized spacial score (nSPS) is 38.1. The summed E-state index contributed by atoms with van der Waals surface area (Å²) in [5, 5.41) is 3.64. The molecule has 3 heteroatoms. The van der Waals surface area contributed by atoms with Gasteiger partial charge in [-0.1, -0.05) is 13.8 Å². The standard InChI is InChI=1S/C13H27N3/c1-4-12-9-16(8-7-15(12)3)10-13-11(2)5-6-14-13/h11-14H,4-10H2,1-3H3. The Morgan fingerprint density at radius 2 is 2.12 bits per heavy atom. The molecule has 0 aliphatic carbocycles. The molecule has 3 atom stereocenters. The summed E-state index contributed by atoms with van der Waals surface area (Å²) in [6, 6.07) is 1.51. The number of nitrogens with one attached hydrogen (secondary N) is 1. The van der Waals surface area contributed by atoms with Crippen LogP contribution in [0.25, 0.3) is 0 Å². The lowest BCUT2D eigenvalue weighted by Gasteiger charge is -2.40. The minimum Gasteiger partial charge on any atom is -0.312 e. The maximum absolute atomic E-state index is 3.64. The van der Waals surface area contributed by atoms with Gasteiger partial charge in [0, 0.05) is 38.3 Å². The number of piperazine rings is 1. The lowest BCUT2D eigenvalue weighted by Crippen LogP contribution is -2.54. The third-order valence-corrected chi connectivity index (χ3v) is 4.48. The van der Waals surface area contributed by atoms with E-state index in [1.165, 1.54) is 45.6 Å². The molecular formula is C13H27N3. The van der Waals surface area contributed by atoms with Crippen LogP contribution in [0.3, 0.4) is 0 Å². The fourth-order valence-corrected chi connectivity index (χ4v) is 3.04. The van der Waals surface area contributed by atoms with E-state index in [1.807, 2.05) is 0 Å². The first-order valence-electron chi connectivity index (χ1n) is 6.86. The summed E-state index contributed by atoms with van der Waals surface area (Å²) >= 11 is 0. The van der Waals surface area contributed by atoms with E-state index in [9.17, 15) is 0 Å². The summed E-state index contributed by atoms with van der Waals surface area (Å²) in [5.41, 5.74) is 0. The van der Waals surface area contributed by atoms with Crippen molar-refractivity contribution in [1.29, 1.82) is 0 Å². The number of rotatable bonds is 3. The number of nitrogens with zero attached hydrogens (tertiary/aromatic N) is 2. The van der Waals surface area contributed by atoms with Crippen molar-refractivity contribution in [3.05, 3.63) is 0 Å². The van der Waals surface area contributed by atoms with E-state index < -0.39 is 0 Å². The Balaban J connectivity index is 1.81. The largest absolute Gasteiger partial charge is 0.312 e. The predicted molar refractivity (Wildman–Crippen MR) is 68.7 cm³/mol. The van der Waals surface area contributed by atoms with Gasteiger partial charge in [0.05, 0.1) is 0 Å². The first kappa shape index (κ1) is 12.3. The van der Waals surface area contributed by atoms with E-state index >= 15 is 0 Å². The number of likely N-dealkylation sites (N-methyl/N-ethyl adjacent to an activating group) is 1. The summed E-state index contributed by atoms with van der Waals surface area (Å²) in [5.74, 6) is 0.861. The van der Waals surface area contributed by atoms with Crippen LogP contribution in [0.2, 0.25) is 0 Å². The second-order valence-corrected chi connectivity index (χ2v) is 5.63. The Kier molecular flexibility index (Phi) is 4.22. The fourth-order valence-electron chi connectivity index (χ4n) is 3.04. The summed E-state index contributed by atoms with van der Waals surface area (Å²) < 4.78 is 0. The second-order valence-electron chi connectivity index (χ2n) is 5.63. The van der Waals surface area contributed by atoms with Crippen LogP contribution >= 0.6 is 0 Å². The molecule has 0 spiro atoms. The van der Waals surface area contributed by atoms with Crippen molar-refractivity contribution < 1.29 is 0 Å². The van der Waals surface area contributed by atoms with Gasteiger partial charge in [0.2, 0.25) is 0 Å². The molecule has 2 heterocycles. The second kappa shape index (κ2) is 5.48. The molecule has 0 aromatic rings. The van der Waals surface area contributed by atoms with Gasteiger partial charge >= 0.3 is 0 Å². The van der Waals surface area contributed by atoms with Crippen molar-refractivity contribution in [3.8, 4) is 0 Å². The Labute approximate surface area is 100 Å². The van der Waals surface area contributed by atoms with Crippen molar-refractivity contribution in [1.82, 2.24) is 15.1 Å². The number of hydrogen-bond acceptors (Lipinski definition) is 3. The number of hydrogen-bond donors (Lipinski definition) is 1. The Morgan fingerprint density at radius 1 is 1.31 bits per heavy atom. The zero-order valence-electron chi connectivity index (χ0n) is 11.1. The summed E-state index contributed by atoms with van der Waals surface area (Å²) in [7, 11) is 2.27. The van der Waals surface area contributed by atoms with Gasteiger partial charge in [0.25, 0.3) is 0 Å². The van der Waals surface area contributed by atoms with Crippen LogP contribution in [0.5, 0.6) is 0 Å². The van der Waals surface area contributed by atoms with Crippen LogP contribution in [-0.2, 0) is 0 Å². The van der Waals surface area contributed by atoms with E-state index in [0.717, 1.165) is 18.0 Å². The van der Waals surface area contributed by atoms with Gasteiger partial charge in [-0.05, 0) is 32.4 Å². The highest BCUT2D eigenvalue weighted by Crippen LogP contribution is 2.17. The van der Waals surface area contributed by atoms with Gasteiger partial charge in [0.15, 0.2) is 0 Å². The summed E-state index contributed by atoms with van der Waals surface area (Å²) in [6.07, 6.45) is 2.64. The Hall–Kier alpha value is -0.120. The van der Waals surface area contributed by atoms with Gasteiger partial charge in [-0.25, -0.2) is 0 Å². The van der Waals surface area contributed by atoms with E-state index in [-0.39, 0.29) is 0 Å². The third-order valence-electron chi connectivity index (χ3n) is 4.48. The van der Waals surface area contributed by atoms with Crippen LogP contribution in [0.15, 0.2) is 0 Å². The topological polar surface area (TPSA) is 18.5 Å². The van der Waals surface area contributed by atoms with Gasteiger partial charge in [0.1, 0.15) is 0 Å². The van der Waals surface area contributed by atoms with E-state index in [1.54, 1.807) is 0 Å². The van der Waals surface area contributed by atoms with Crippen LogP contribution in [0.4, 0.5) is 0 Å². The molecule has 0 saturated carbocycles. The zero-order chi connectivity index (χ0) is 11.5. The molecule has 0 aromatic heterocycles. The first-order chi connectivity index (χ1) is 7.70. The van der Waals surface area contributed by atoms with Crippen molar-refractivity contribution in [2.45, 2.75) is 38.8 Å². The Bertz CT molecular complexity index is 219.